The van der Waals surface area contributed by atoms with E-state index in [1.807, 2.05) is 30.3 Å². The molecule has 1 amide bonds. The molecule has 0 fully saturated rings. The fourth-order valence-electron chi connectivity index (χ4n) is 1.11. The minimum atomic E-state index is -1.10. The van der Waals surface area contributed by atoms with Crippen LogP contribution in [0.2, 0.25) is 0 Å². The summed E-state index contributed by atoms with van der Waals surface area (Å²) in [7, 11) is 0. The molecule has 2 N–H and O–H groups in total. The molecule has 0 aliphatic heterocycles. The molecular formula is C11H13NO4. The number of carboxylic acids is 1. The van der Waals surface area contributed by atoms with Gasteiger partial charge in [-0.15, -0.1) is 0 Å². The molecule has 0 saturated carbocycles. The largest absolute Gasteiger partial charge is 0.480 e. The highest BCUT2D eigenvalue weighted by atomic mass is 16.5. The van der Waals surface area contributed by atoms with Crippen molar-refractivity contribution in [1.82, 2.24) is 5.32 Å². The molecule has 1 rings (SSSR count). The van der Waals surface area contributed by atoms with Crippen molar-refractivity contribution in [1.29, 1.82) is 0 Å². The van der Waals surface area contributed by atoms with Crippen LogP contribution in [-0.2, 0) is 16.0 Å². The van der Waals surface area contributed by atoms with Crippen molar-refractivity contribution in [2.24, 2.45) is 0 Å². The molecule has 86 valence electrons. The summed E-state index contributed by atoms with van der Waals surface area (Å²) in [6, 6.07) is 9.57. The standard InChI is InChI=1S/C11H13NO4/c13-10(14)8-12-11(15)16-7-6-9-4-2-1-3-5-9/h1-5H,6-8H2,(H,12,15)(H,13,14). The fraction of sp³-hybridized carbons (Fsp3) is 0.273. The van der Waals surface area contributed by atoms with Gasteiger partial charge in [-0.1, -0.05) is 30.3 Å². The van der Waals surface area contributed by atoms with Crippen LogP contribution in [0.25, 0.3) is 0 Å². The molecule has 0 spiro atoms. The zero-order chi connectivity index (χ0) is 11.8. The maximum Gasteiger partial charge on any atom is 0.407 e. The number of hydrogen-bond donors (Lipinski definition) is 2. The Bertz CT molecular complexity index is 350. The normalized spacial score (nSPS) is 9.50. The van der Waals surface area contributed by atoms with Gasteiger partial charge in [-0.05, 0) is 5.56 Å². The number of carbonyl (C=O) groups is 2. The topological polar surface area (TPSA) is 75.6 Å². The molecule has 0 atom stereocenters. The number of benzene rings is 1. The van der Waals surface area contributed by atoms with Gasteiger partial charge >= 0.3 is 12.1 Å². The number of amides is 1. The molecule has 0 aliphatic carbocycles. The van der Waals surface area contributed by atoms with Crippen LogP contribution in [-0.4, -0.2) is 30.3 Å². The number of aliphatic carboxylic acids is 1. The lowest BCUT2D eigenvalue weighted by Crippen LogP contribution is -2.30. The van der Waals surface area contributed by atoms with E-state index in [2.05, 4.69) is 5.32 Å². The lowest BCUT2D eigenvalue weighted by atomic mass is 10.2. The van der Waals surface area contributed by atoms with Crippen LogP contribution in [0, 0.1) is 0 Å². The third kappa shape index (κ3) is 4.99. The Hall–Kier alpha value is -2.04. The van der Waals surface area contributed by atoms with Crippen LogP contribution in [0.4, 0.5) is 4.79 Å². The molecule has 1 aromatic rings. The van der Waals surface area contributed by atoms with E-state index in [-0.39, 0.29) is 6.61 Å². The molecule has 16 heavy (non-hydrogen) atoms. The summed E-state index contributed by atoms with van der Waals surface area (Å²) in [6.45, 7) is -0.195. The molecule has 0 aromatic heterocycles. The van der Waals surface area contributed by atoms with E-state index in [1.54, 1.807) is 0 Å². The van der Waals surface area contributed by atoms with Crippen molar-refractivity contribution < 1.29 is 19.4 Å². The van der Waals surface area contributed by atoms with Crippen molar-refractivity contribution in [2.75, 3.05) is 13.2 Å². The summed E-state index contributed by atoms with van der Waals surface area (Å²) < 4.78 is 4.78. The number of carboxylic acid groups (broad SMARTS) is 1. The van der Waals surface area contributed by atoms with E-state index in [0.717, 1.165) is 5.56 Å². The third-order valence-corrected chi connectivity index (χ3v) is 1.85. The second-order valence-corrected chi connectivity index (χ2v) is 3.12. The van der Waals surface area contributed by atoms with Crippen LogP contribution < -0.4 is 5.32 Å². The highest BCUT2D eigenvalue weighted by molar-refractivity contribution is 5.76. The van der Waals surface area contributed by atoms with Gasteiger partial charge in [0.05, 0.1) is 6.61 Å². The van der Waals surface area contributed by atoms with Crippen molar-refractivity contribution in [3.8, 4) is 0 Å². The Balaban J connectivity index is 2.16. The van der Waals surface area contributed by atoms with E-state index >= 15 is 0 Å². The minimum absolute atomic E-state index is 0.232. The van der Waals surface area contributed by atoms with Crippen molar-refractivity contribution >= 4 is 12.1 Å². The van der Waals surface area contributed by atoms with Crippen LogP contribution >= 0.6 is 0 Å². The molecule has 0 radical (unpaired) electrons. The quantitative estimate of drug-likeness (QED) is 0.782. The summed E-state index contributed by atoms with van der Waals surface area (Å²) in [4.78, 5) is 21.1. The number of rotatable bonds is 5. The minimum Gasteiger partial charge on any atom is -0.480 e. The summed E-state index contributed by atoms with van der Waals surface area (Å²) in [5.74, 6) is -1.10. The summed E-state index contributed by atoms with van der Waals surface area (Å²) >= 11 is 0. The Kier molecular flexibility index (Phi) is 4.85. The van der Waals surface area contributed by atoms with E-state index < -0.39 is 18.6 Å². The van der Waals surface area contributed by atoms with Crippen LogP contribution in [0.15, 0.2) is 30.3 Å². The Morgan fingerprint density at radius 2 is 1.94 bits per heavy atom. The van der Waals surface area contributed by atoms with Gasteiger partial charge in [0, 0.05) is 6.42 Å². The van der Waals surface area contributed by atoms with Crippen molar-refractivity contribution in [3.63, 3.8) is 0 Å². The first kappa shape index (κ1) is 12.0. The van der Waals surface area contributed by atoms with E-state index in [4.69, 9.17) is 9.84 Å². The van der Waals surface area contributed by atoms with Gasteiger partial charge < -0.3 is 15.2 Å². The first-order chi connectivity index (χ1) is 7.68. The predicted octanol–water partition coefficient (Wildman–Crippen LogP) is 1.04. The Morgan fingerprint density at radius 1 is 1.25 bits per heavy atom. The number of hydrogen-bond acceptors (Lipinski definition) is 3. The van der Waals surface area contributed by atoms with Crippen molar-refractivity contribution in [3.05, 3.63) is 35.9 Å². The highest BCUT2D eigenvalue weighted by Gasteiger charge is 2.03. The number of nitrogens with one attached hydrogen (secondary N) is 1. The Morgan fingerprint density at radius 3 is 2.56 bits per heavy atom. The smallest absolute Gasteiger partial charge is 0.407 e. The molecule has 5 heteroatoms. The number of alkyl carbamates (subject to hydrolysis) is 1. The Labute approximate surface area is 93.0 Å². The van der Waals surface area contributed by atoms with E-state index in [1.165, 1.54) is 0 Å². The first-order valence-corrected chi connectivity index (χ1v) is 4.85. The van der Waals surface area contributed by atoms with E-state index in [9.17, 15) is 9.59 Å². The second kappa shape index (κ2) is 6.44. The lowest BCUT2D eigenvalue weighted by Gasteiger charge is -2.05. The van der Waals surface area contributed by atoms with E-state index in [0.29, 0.717) is 6.42 Å². The maximum atomic E-state index is 10.9. The highest BCUT2D eigenvalue weighted by Crippen LogP contribution is 1.99. The van der Waals surface area contributed by atoms with Gasteiger partial charge in [-0.3, -0.25) is 4.79 Å². The number of ether oxygens (including phenoxy) is 1. The average Bonchev–Trinajstić information content (AvgIpc) is 2.28. The molecular weight excluding hydrogens is 210 g/mol. The fourth-order valence-corrected chi connectivity index (χ4v) is 1.11. The molecule has 0 heterocycles. The van der Waals surface area contributed by atoms with Crippen LogP contribution in [0.1, 0.15) is 5.56 Å². The van der Waals surface area contributed by atoms with Crippen LogP contribution in [0.5, 0.6) is 0 Å². The van der Waals surface area contributed by atoms with Crippen molar-refractivity contribution in [2.45, 2.75) is 6.42 Å². The maximum absolute atomic E-state index is 10.9. The zero-order valence-corrected chi connectivity index (χ0v) is 8.68. The molecule has 0 aliphatic rings. The van der Waals surface area contributed by atoms with Gasteiger partial charge in [0.2, 0.25) is 0 Å². The van der Waals surface area contributed by atoms with Gasteiger partial charge in [0.1, 0.15) is 6.54 Å². The number of carbonyl (C=O) groups excluding carboxylic acids is 1. The van der Waals surface area contributed by atoms with Gasteiger partial charge in [-0.2, -0.15) is 0 Å². The molecule has 5 nitrogen and oxygen atoms in total. The molecule has 0 unspecified atom stereocenters. The van der Waals surface area contributed by atoms with Gasteiger partial charge in [-0.25, -0.2) is 4.79 Å². The average molecular weight is 223 g/mol. The molecule has 1 aromatic carbocycles. The summed E-state index contributed by atoms with van der Waals surface area (Å²) in [5, 5.41) is 10.4. The predicted molar refractivity (Wildman–Crippen MR) is 57.1 cm³/mol. The monoisotopic (exact) mass is 223 g/mol. The summed E-state index contributed by atoms with van der Waals surface area (Å²) in [6.07, 6.45) is -0.0974. The first-order valence-electron chi connectivity index (χ1n) is 4.85. The molecule has 0 saturated heterocycles. The summed E-state index contributed by atoms with van der Waals surface area (Å²) in [5.41, 5.74) is 1.06. The second-order valence-electron chi connectivity index (χ2n) is 3.12. The third-order valence-electron chi connectivity index (χ3n) is 1.85. The lowest BCUT2D eigenvalue weighted by molar-refractivity contribution is -0.135. The zero-order valence-electron chi connectivity index (χ0n) is 8.68. The van der Waals surface area contributed by atoms with Crippen LogP contribution in [0.3, 0.4) is 0 Å². The molecule has 0 bridgehead atoms. The van der Waals surface area contributed by atoms with Gasteiger partial charge in [0.15, 0.2) is 0 Å². The van der Waals surface area contributed by atoms with Gasteiger partial charge in [0.25, 0.3) is 0 Å². The SMILES string of the molecule is O=C(O)CNC(=O)OCCc1ccccc1.